The van der Waals surface area contributed by atoms with Crippen molar-refractivity contribution in [2.24, 2.45) is 11.8 Å². The molecule has 0 amide bonds. The normalized spacial score (nSPS) is 21.4. The smallest absolute Gasteiger partial charge is 0.336 e. The quantitative estimate of drug-likeness (QED) is 0.163. The topological polar surface area (TPSA) is 242 Å². The molecular weight excluding hydrogens is 464 g/mol. The van der Waals surface area contributed by atoms with Crippen LogP contribution in [0.15, 0.2) is 0 Å². The maximum Gasteiger partial charge on any atom is 0.336 e. The molecule has 0 aromatic heterocycles. The van der Waals surface area contributed by atoms with E-state index in [1.54, 1.807) is 0 Å². The van der Waals surface area contributed by atoms with Crippen LogP contribution in [-0.4, -0.2) is 90.9 Å². The van der Waals surface area contributed by atoms with E-state index >= 15 is 0 Å². The Bertz CT molecular complexity index is 733. The predicted octanol–water partition coefficient (Wildman–Crippen LogP) is -0.760. The SMILES string of the molecule is O=C(O)CC(O)(CC(=O)OCC1CCC(COC(=O)CC(O)(CC(=O)O)C(=O)O)CC1)C(=O)O. The van der Waals surface area contributed by atoms with Gasteiger partial charge in [0.2, 0.25) is 0 Å². The summed E-state index contributed by atoms with van der Waals surface area (Å²) in [4.78, 5) is 67.3. The van der Waals surface area contributed by atoms with Crippen LogP contribution in [0.5, 0.6) is 0 Å². The molecule has 0 aromatic rings. The van der Waals surface area contributed by atoms with Crippen molar-refractivity contribution >= 4 is 35.8 Å². The van der Waals surface area contributed by atoms with Gasteiger partial charge in [-0.1, -0.05) is 0 Å². The van der Waals surface area contributed by atoms with Crippen LogP contribution < -0.4 is 0 Å². The fraction of sp³-hybridized carbons (Fsp3) is 0.700. The number of carbonyl (C=O) groups excluding carboxylic acids is 2. The van der Waals surface area contributed by atoms with E-state index in [4.69, 9.17) is 29.9 Å². The van der Waals surface area contributed by atoms with E-state index in [0.717, 1.165) is 0 Å². The van der Waals surface area contributed by atoms with E-state index in [1.807, 2.05) is 0 Å². The molecule has 2 atom stereocenters. The van der Waals surface area contributed by atoms with Crippen molar-refractivity contribution in [1.29, 1.82) is 0 Å². The molecule has 2 unspecified atom stereocenters. The molecular formula is C20H28O14. The first-order valence-corrected chi connectivity index (χ1v) is 10.3. The average molecular weight is 492 g/mol. The first kappa shape index (κ1) is 28.8. The first-order valence-electron chi connectivity index (χ1n) is 10.3. The lowest BCUT2D eigenvalue weighted by atomic mass is 9.83. The minimum atomic E-state index is -2.78. The maximum absolute atomic E-state index is 11.9. The summed E-state index contributed by atoms with van der Waals surface area (Å²) in [6.07, 6.45) is -2.19. The molecule has 1 aliphatic rings. The molecule has 34 heavy (non-hydrogen) atoms. The second-order valence-corrected chi connectivity index (χ2v) is 8.42. The molecule has 0 radical (unpaired) electrons. The second kappa shape index (κ2) is 12.3. The van der Waals surface area contributed by atoms with Crippen LogP contribution >= 0.6 is 0 Å². The monoisotopic (exact) mass is 492 g/mol. The van der Waals surface area contributed by atoms with Crippen LogP contribution in [0.25, 0.3) is 0 Å². The largest absolute Gasteiger partial charge is 0.481 e. The van der Waals surface area contributed by atoms with Crippen molar-refractivity contribution in [2.45, 2.75) is 62.6 Å². The molecule has 0 bridgehead atoms. The summed E-state index contributed by atoms with van der Waals surface area (Å²) in [7, 11) is 0. The molecule has 1 rings (SSSR count). The minimum Gasteiger partial charge on any atom is -0.481 e. The number of esters is 2. The Morgan fingerprint density at radius 1 is 0.588 bits per heavy atom. The summed E-state index contributed by atoms with van der Waals surface area (Å²) in [5.74, 6) is -9.21. The zero-order valence-electron chi connectivity index (χ0n) is 18.2. The summed E-state index contributed by atoms with van der Waals surface area (Å²) >= 11 is 0. The second-order valence-electron chi connectivity index (χ2n) is 8.42. The third-order valence-corrected chi connectivity index (χ3v) is 5.48. The molecule has 0 saturated heterocycles. The Hall–Kier alpha value is -3.26. The van der Waals surface area contributed by atoms with Crippen LogP contribution in [0.3, 0.4) is 0 Å². The number of carbonyl (C=O) groups is 6. The van der Waals surface area contributed by atoms with E-state index in [2.05, 4.69) is 0 Å². The molecule has 1 aliphatic carbocycles. The van der Waals surface area contributed by atoms with Crippen LogP contribution in [-0.2, 0) is 38.2 Å². The number of carboxylic acids is 4. The van der Waals surface area contributed by atoms with Crippen molar-refractivity contribution in [3.63, 3.8) is 0 Å². The van der Waals surface area contributed by atoms with Crippen LogP contribution in [0.2, 0.25) is 0 Å². The molecule has 0 heterocycles. The van der Waals surface area contributed by atoms with E-state index in [0.29, 0.717) is 25.7 Å². The van der Waals surface area contributed by atoms with E-state index in [9.17, 15) is 39.0 Å². The van der Waals surface area contributed by atoms with Gasteiger partial charge in [-0.05, 0) is 37.5 Å². The predicted molar refractivity (Wildman–Crippen MR) is 106 cm³/mol. The number of rotatable bonds is 14. The van der Waals surface area contributed by atoms with Gasteiger partial charge in [0.25, 0.3) is 0 Å². The number of carboxylic acid groups (broad SMARTS) is 4. The van der Waals surface area contributed by atoms with Crippen molar-refractivity contribution in [1.82, 2.24) is 0 Å². The Morgan fingerprint density at radius 2 is 0.882 bits per heavy atom. The summed E-state index contributed by atoms with van der Waals surface area (Å²) < 4.78 is 9.96. The van der Waals surface area contributed by atoms with Gasteiger partial charge in [-0.2, -0.15) is 0 Å². The zero-order valence-corrected chi connectivity index (χ0v) is 18.2. The van der Waals surface area contributed by atoms with Crippen LogP contribution in [0, 0.1) is 11.8 Å². The molecule has 6 N–H and O–H groups in total. The third-order valence-electron chi connectivity index (χ3n) is 5.48. The highest BCUT2D eigenvalue weighted by Gasteiger charge is 2.42. The molecule has 192 valence electrons. The molecule has 0 aliphatic heterocycles. The molecule has 0 aromatic carbocycles. The zero-order chi connectivity index (χ0) is 26.1. The summed E-state index contributed by atoms with van der Waals surface area (Å²) in [6.45, 7) is -0.149. The number of hydrogen-bond acceptors (Lipinski definition) is 10. The van der Waals surface area contributed by atoms with E-state index in [1.165, 1.54) is 0 Å². The van der Waals surface area contributed by atoms with Gasteiger partial charge in [0, 0.05) is 0 Å². The van der Waals surface area contributed by atoms with Gasteiger partial charge in [-0.25, -0.2) is 9.59 Å². The van der Waals surface area contributed by atoms with Crippen molar-refractivity contribution in [3.8, 4) is 0 Å². The Morgan fingerprint density at radius 3 is 1.12 bits per heavy atom. The Labute approximate surface area is 193 Å². The highest BCUT2D eigenvalue weighted by Crippen LogP contribution is 2.30. The Kier molecular flexibility index (Phi) is 10.4. The van der Waals surface area contributed by atoms with E-state index < -0.39 is 72.7 Å². The van der Waals surface area contributed by atoms with Gasteiger partial charge in [0.1, 0.15) is 0 Å². The average Bonchev–Trinajstić information content (AvgIpc) is 2.70. The number of hydrogen-bond donors (Lipinski definition) is 6. The Balaban J connectivity index is 2.41. The fourth-order valence-electron chi connectivity index (χ4n) is 3.49. The lowest BCUT2D eigenvalue weighted by Crippen LogP contribution is -2.43. The molecule has 1 saturated carbocycles. The van der Waals surface area contributed by atoms with Gasteiger partial charge < -0.3 is 40.1 Å². The van der Waals surface area contributed by atoms with Gasteiger partial charge in [0.05, 0.1) is 38.9 Å². The summed E-state index contributed by atoms with van der Waals surface area (Å²) in [5, 5.41) is 55.0. The van der Waals surface area contributed by atoms with Crippen molar-refractivity contribution in [2.75, 3.05) is 13.2 Å². The van der Waals surface area contributed by atoms with E-state index in [-0.39, 0.29) is 25.0 Å². The van der Waals surface area contributed by atoms with Gasteiger partial charge in [-0.3, -0.25) is 19.2 Å². The molecule has 14 heteroatoms. The number of ether oxygens (including phenoxy) is 2. The lowest BCUT2D eigenvalue weighted by Gasteiger charge is -2.28. The highest BCUT2D eigenvalue weighted by atomic mass is 16.5. The van der Waals surface area contributed by atoms with Gasteiger partial charge >= 0.3 is 35.8 Å². The van der Waals surface area contributed by atoms with Crippen LogP contribution in [0.4, 0.5) is 0 Å². The molecule has 14 nitrogen and oxygen atoms in total. The van der Waals surface area contributed by atoms with Crippen LogP contribution in [0.1, 0.15) is 51.4 Å². The maximum atomic E-state index is 11.9. The summed E-state index contributed by atoms with van der Waals surface area (Å²) in [5.41, 5.74) is -5.55. The number of aliphatic hydroxyl groups is 2. The molecule has 1 fully saturated rings. The van der Waals surface area contributed by atoms with Crippen molar-refractivity contribution < 1.29 is 68.9 Å². The lowest BCUT2D eigenvalue weighted by molar-refractivity contribution is -0.172. The fourth-order valence-corrected chi connectivity index (χ4v) is 3.49. The first-order chi connectivity index (χ1) is 15.7. The van der Waals surface area contributed by atoms with Crippen molar-refractivity contribution in [3.05, 3.63) is 0 Å². The van der Waals surface area contributed by atoms with Gasteiger partial charge in [-0.15, -0.1) is 0 Å². The number of aliphatic carboxylic acids is 4. The molecule has 0 spiro atoms. The highest BCUT2D eigenvalue weighted by molar-refractivity contribution is 5.89. The summed E-state index contributed by atoms with van der Waals surface area (Å²) in [6, 6.07) is 0. The van der Waals surface area contributed by atoms with Gasteiger partial charge in [0.15, 0.2) is 11.2 Å². The minimum absolute atomic E-state index is 0.0745. The third kappa shape index (κ3) is 9.31. The standard InChI is InChI=1S/C20H28O14/c21-13(22)5-19(31,17(27)28)7-15(25)33-9-11-1-2-12(4-3-11)10-34-16(26)8-20(32,18(29)30)6-14(23)24/h11-12,31-32H,1-10H2,(H,21,22)(H,23,24)(H,27,28)(H,29,30).